The van der Waals surface area contributed by atoms with Gasteiger partial charge >= 0.3 is 11.9 Å². The average molecular weight is 345 g/mol. The molecule has 0 atom stereocenters. The number of ether oxygens (including phenoxy) is 1. The number of methoxy groups -OCH3 is 1. The van der Waals surface area contributed by atoms with Crippen LogP contribution in [0.1, 0.15) is 0 Å². The number of nitro groups is 1. The van der Waals surface area contributed by atoms with E-state index in [0.29, 0.717) is 10.5 Å². The molecule has 0 aliphatic heterocycles. The third-order valence-corrected chi connectivity index (χ3v) is 2.59. The first-order chi connectivity index (χ1) is 9.35. The van der Waals surface area contributed by atoms with E-state index >= 15 is 0 Å². The van der Waals surface area contributed by atoms with E-state index in [9.17, 15) is 19.7 Å². The van der Waals surface area contributed by atoms with Crippen molar-refractivity contribution in [1.82, 2.24) is 0 Å². The Morgan fingerprint density at radius 1 is 1.50 bits per heavy atom. The zero-order valence-corrected chi connectivity index (χ0v) is 11.7. The third-order valence-electron chi connectivity index (χ3n) is 2.10. The first kappa shape index (κ1) is 15.6. The third kappa shape index (κ3) is 4.05. The van der Waals surface area contributed by atoms with E-state index in [0.717, 1.165) is 7.11 Å². The van der Waals surface area contributed by atoms with Crippen LogP contribution in [0.5, 0.6) is 0 Å². The number of hydrogen-bond acceptors (Lipinski definition) is 6. The number of carbonyl (C=O) groups is 2. The summed E-state index contributed by atoms with van der Waals surface area (Å²) in [5.74, 6) is -2.35. The lowest BCUT2D eigenvalue weighted by Crippen LogP contribution is -2.15. The Bertz CT molecular complexity index is 599. The number of hydrogen-bond donors (Lipinski definition) is 2. The number of nitrogens with zero attached hydrogens (tertiary/aromatic N) is 1. The predicted molar refractivity (Wildman–Crippen MR) is 72.2 cm³/mol. The van der Waals surface area contributed by atoms with Gasteiger partial charge < -0.3 is 15.2 Å². The molecule has 20 heavy (non-hydrogen) atoms. The number of rotatable bonds is 5. The van der Waals surface area contributed by atoms with E-state index < -0.39 is 22.6 Å². The standard InChI is InChI=1S/C11H9BrN2O6/c1-20-11(17)8(5-10(15)16)13-7-3-2-6(12)4-9(7)14(18)19/h2-5,13H,1H3,(H,15,16). The monoisotopic (exact) mass is 344 g/mol. The summed E-state index contributed by atoms with van der Waals surface area (Å²) in [4.78, 5) is 32.3. The summed E-state index contributed by atoms with van der Waals surface area (Å²) >= 11 is 3.08. The highest BCUT2D eigenvalue weighted by atomic mass is 79.9. The van der Waals surface area contributed by atoms with Gasteiger partial charge in [0.25, 0.3) is 5.69 Å². The molecule has 0 radical (unpaired) electrons. The van der Waals surface area contributed by atoms with Gasteiger partial charge in [-0.05, 0) is 12.1 Å². The van der Waals surface area contributed by atoms with Crippen LogP contribution in [-0.2, 0) is 14.3 Å². The molecule has 0 saturated heterocycles. The van der Waals surface area contributed by atoms with Crippen molar-refractivity contribution in [1.29, 1.82) is 0 Å². The molecule has 0 unspecified atom stereocenters. The van der Waals surface area contributed by atoms with E-state index in [2.05, 4.69) is 26.0 Å². The zero-order valence-electron chi connectivity index (χ0n) is 10.1. The predicted octanol–water partition coefficient (Wildman–Crippen LogP) is 1.91. The normalized spacial score (nSPS) is 10.8. The summed E-state index contributed by atoms with van der Waals surface area (Å²) in [5, 5.41) is 22.0. The Hall–Kier alpha value is -2.42. The fourth-order valence-electron chi connectivity index (χ4n) is 1.29. The maximum Gasteiger partial charge on any atom is 0.354 e. The van der Waals surface area contributed by atoms with Gasteiger partial charge in [-0.3, -0.25) is 10.1 Å². The minimum Gasteiger partial charge on any atom is -0.478 e. The molecule has 9 heteroatoms. The summed E-state index contributed by atoms with van der Waals surface area (Å²) < 4.78 is 4.87. The van der Waals surface area contributed by atoms with Gasteiger partial charge in [0.2, 0.25) is 0 Å². The maximum absolute atomic E-state index is 11.4. The first-order valence-electron chi connectivity index (χ1n) is 5.09. The highest BCUT2D eigenvalue weighted by molar-refractivity contribution is 9.10. The molecule has 106 valence electrons. The SMILES string of the molecule is COC(=O)C(=CC(=O)O)Nc1ccc(Br)cc1[N+](=O)[O-]. The van der Waals surface area contributed by atoms with Gasteiger partial charge in [0, 0.05) is 10.5 Å². The van der Waals surface area contributed by atoms with Gasteiger partial charge in [-0.25, -0.2) is 9.59 Å². The minimum absolute atomic E-state index is 0.0314. The van der Waals surface area contributed by atoms with Crippen LogP contribution in [0.25, 0.3) is 0 Å². The molecule has 0 aliphatic rings. The molecule has 0 amide bonds. The highest BCUT2D eigenvalue weighted by Crippen LogP contribution is 2.29. The van der Waals surface area contributed by atoms with E-state index in [-0.39, 0.29) is 11.4 Å². The smallest absolute Gasteiger partial charge is 0.354 e. The van der Waals surface area contributed by atoms with Gasteiger partial charge in [-0.2, -0.15) is 0 Å². The molecule has 0 aliphatic carbocycles. The molecule has 8 nitrogen and oxygen atoms in total. The van der Waals surface area contributed by atoms with Crippen LogP contribution in [0.2, 0.25) is 0 Å². The fraction of sp³-hybridized carbons (Fsp3) is 0.0909. The number of aliphatic carboxylic acids is 1. The number of carboxylic acid groups (broad SMARTS) is 1. The fourth-order valence-corrected chi connectivity index (χ4v) is 1.64. The molecular formula is C11H9BrN2O6. The second-order valence-electron chi connectivity index (χ2n) is 3.43. The number of benzene rings is 1. The molecule has 0 aromatic heterocycles. The second kappa shape index (κ2) is 6.66. The topological polar surface area (TPSA) is 119 Å². The van der Waals surface area contributed by atoms with Crippen molar-refractivity contribution in [3.63, 3.8) is 0 Å². The molecule has 0 heterocycles. The molecule has 1 aromatic rings. The molecule has 1 rings (SSSR count). The number of nitrogens with one attached hydrogen (secondary N) is 1. The van der Waals surface area contributed by atoms with Crippen LogP contribution in [0.4, 0.5) is 11.4 Å². The molecule has 2 N–H and O–H groups in total. The second-order valence-corrected chi connectivity index (χ2v) is 4.35. The van der Waals surface area contributed by atoms with Gasteiger partial charge in [0.15, 0.2) is 0 Å². The maximum atomic E-state index is 11.4. The van der Waals surface area contributed by atoms with Crippen LogP contribution in [-0.4, -0.2) is 29.1 Å². The van der Waals surface area contributed by atoms with E-state index in [1.165, 1.54) is 18.2 Å². The van der Waals surface area contributed by atoms with Gasteiger partial charge in [-0.1, -0.05) is 15.9 Å². The van der Waals surface area contributed by atoms with E-state index in [1.54, 1.807) is 0 Å². The Balaban J connectivity index is 3.21. The Labute approximate surface area is 121 Å². The summed E-state index contributed by atoms with van der Waals surface area (Å²) in [6.07, 6.45) is 0.567. The van der Waals surface area contributed by atoms with E-state index in [4.69, 9.17) is 5.11 Å². The van der Waals surface area contributed by atoms with Crippen LogP contribution in [0, 0.1) is 10.1 Å². The van der Waals surface area contributed by atoms with Crippen molar-refractivity contribution < 1.29 is 24.4 Å². The van der Waals surface area contributed by atoms with Crippen LogP contribution >= 0.6 is 15.9 Å². The molecular weight excluding hydrogens is 336 g/mol. The largest absolute Gasteiger partial charge is 0.478 e. The van der Waals surface area contributed by atoms with Crippen molar-refractivity contribution in [2.75, 3.05) is 12.4 Å². The Morgan fingerprint density at radius 2 is 2.15 bits per heavy atom. The van der Waals surface area contributed by atoms with Crippen LogP contribution in [0.15, 0.2) is 34.4 Å². The summed E-state index contributed by atoms with van der Waals surface area (Å²) in [6, 6.07) is 4.06. The lowest BCUT2D eigenvalue weighted by Gasteiger charge is -2.09. The lowest BCUT2D eigenvalue weighted by molar-refractivity contribution is -0.384. The minimum atomic E-state index is -1.39. The molecule has 0 saturated carbocycles. The summed E-state index contributed by atoms with van der Waals surface area (Å²) in [7, 11) is 1.07. The quantitative estimate of drug-likeness (QED) is 0.362. The van der Waals surface area contributed by atoms with E-state index in [1.807, 2.05) is 0 Å². The van der Waals surface area contributed by atoms with Crippen molar-refractivity contribution in [2.45, 2.75) is 0 Å². The number of carboxylic acids is 1. The molecule has 0 spiro atoms. The van der Waals surface area contributed by atoms with Crippen molar-refractivity contribution >= 4 is 39.2 Å². The summed E-state index contributed by atoms with van der Waals surface area (Å²) in [5.41, 5.74) is -0.777. The van der Waals surface area contributed by atoms with Gasteiger partial charge in [0.05, 0.1) is 18.1 Å². The summed E-state index contributed by atoms with van der Waals surface area (Å²) in [6.45, 7) is 0. The Kier molecular flexibility index (Phi) is 5.21. The van der Waals surface area contributed by atoms with Crippen LogP contribution < -0.4 is 5.32 Å². The molecule has 0 bridgehead atoms. The van der Waals surface area contributed by atoms with Gasteiger partial charge in [-0.15, -0.1) is 0 Å². The average Bonchev–Trinajstić information content (AvgIpc) is 2.38. The zero-order chi connectivity index (χ0) is 15.3. The Morgan fingerprint density at radius 3 is 2.65 bits per heavy atom. The van der Waals surface area contributed by atoms with Crippen molar-refractivity contribution in [2.24, 2.45) is 0 Å². The van der Waals surface area contributed by atoms with Crippen molar-refractivity contribution in [3.8, 4) is 0 Å². The number of anilines is 1. The number of nitro benzene ring substituents is 1. The number of halogens is 1. The highest BCUT2D eigenvalue weighted by Gasteiger charge is 2.19. The number of carbonyl (C=O) groups excluding carboxylic acids is 1. The number of esters is 1. The lowest BCUT2D eigenvalue weighted by atomic mass is 10.2. The molecule has 0 fully saturated rings. The van der Waals surface area contributed by atoms with Crippen molar-refractivity contribution in [3.05, 3.63) is 44.6 Å². The first-order valence-corrected chi connectivity index (χ1v) is 5.88. The van der Waals surface area contributed by atoms with Crippen LogP contribution in [0.3, 0.4) is 0 Å². The van der Waals surface area contributed by atoms with Gasteiger partial charge in [0.1, 0.15) is 11.4 Å². The molecule has 1 aromatic carbocycles.